The van der Waals surface area contributed by atoms with Crippen LogP contribution in [0.5, 0.6) is 0 Å². The number of ketones is 2. The van der Waals surface area contributed by atoms with Crippen LogP contribution in [0.3, 0.4) is 0 Å². The first kappa shape index (κ1) is 17.9. The molecule has 4 nitrogen and oxygen atoms in total. The lowest BCUT2D eigenvalue weighted by molar-refractivity contribution is -0.148. The normalized spacial score (nSPS) is 28.7. The van der Waals surface area contributed by atoms with Gasteiger partial charge in [0.15, 0.2) is 0 Å². The highest BCUT2D eigenvalue weighted by molar-refractivity contribution is 6.49. The van der Waals surface area contributed by atoms with Crippen LogP contribution in [0.2, 0.25) is 0 Å². The van der Waals surface area contributed by atoms with Crippen molar-refractivity contribution in [3.8, 4) is 0 Å². The Bertz CT molecular complexity index is 987. The summed E-state index contributed by atoms with van der Waals surface area (Å²) in [5.74, 6) is -1.10. The first-order valence-electron chi connectivity index (χ1n) is 9.61. The van der Waals surface area contributed by atoms with Crippen LogP contribution in [0.25, 0.3) is 10.8 Å². The third kappa shape index (κ3) is 1.91. The standard InChI is InChI=1S/C23H25NO3/c1-5-24(17-12-8-10-15-9-6-7-11-16(15)17)20(27)23-14-13-22(4,21(23,2)3)18(25)19(23)26/h6-12H,5,13-14H2,1-4H3. The summed E-state index contributed by atoms with van der Waals surface area (Å²) in [6.07, 6.45) is 1.03. The number of hydrogen-bond acceptors (Lipinski definition) is 3. The fraction of sp³-hybridized carbons (Fsp3) is 0.435. The zero-order valence-corrected chi connectivity index (χ0v) is 16.3. The molecule has 4 rings (SSSR count). The lowest BCUT2D eigenvalue weighted by atomic mass is 9.64. The van der Waals surface area contributed by atoms with Crippen LogP contribution >= 0.6 is 0 Å². The average molecular weight is 363 g/mol. The quantitative estimate of drug-likeness (QED) is 0.608. The largest absolute Gasteiger partial charge is 0.311 e. The Morgan fingerprint density at radius 2 is 1.63 bits per heavy atom. The Morgan fingerprint density at radius 3 is 2.26 bits per heavy atom. The number of Topliss-reactive ketones (excluding diaryl/α,β-unsaturated/α-hetero) is 2. The molecule has 27 heavy (non-hydrogen) atoms. The molecule has 0 radical (unpaired) electrons. The highest BCUT2D eigenvalue weighted by Crippen LogP contribution is 2.69. The van der Waals surface area contributed by atoms with Gasteiger partial charge < -0.3 is 4.90 Å². The fourth-order valence-corrected chi connectivity index (χ4v) is 5.34. The van der Waals surface area contributed by atoms with Gasteiger partial charge in [-0.15, -0.1) is 0 Å². The Balaban J connectivity index is 1.88. The first-order valence-corrected chi connectivity index (χ1v) is 9.61. The molecule has 2 aliphatic rings. The van der Waals surface area contributed by atoms with E-state index in [4.69, 9.17) is 0 Å². The van der Waals surface area contributed by atoms with Crippen LogP contribution in [0.15, 0.2) is 42.5 Å². The second kappa shape index (κ2) is 5.51. The number of nitrogens with zero attached hydrogens (tertiary/aromatic N) is 1. The molecule has 140 valence electrons. The molecule has 2 unspecified atom stereocenters. The number of fused-ring (bicyclic) bond motifs is 3. The van der Waals surface area contributed by atoms with E-state index in [-0.39, 0.29) is 11.7 Å². The molecule has 2 aromatic rings. The highest BCUT2D eigenvalue weighted by Gasteiger charge is 2.78. The van der Waals surface area contributed by atoms with Crippen molar-refractivity contribution in [2.75, 3.05) is 11.4 Å². The van der Waals surface area contributed by atoms with Gasteiger partial charge >= 0.3 is 0 Å². The predicted molar refractivity (Wildman–Crippen MR) is 106 cm³/mol. The zero-order valence-electron chi connectivity index (χ0n) is 16.3. The molecule has 0 aliphatic heterocycles. The topological polar surface area (TPSA) is 54.5 Å². The van der Waals surface area contributed by atoms with Crippen LogP contribution in [0.4, 0.5) is 5.69 Å². The lowest BCUT2D eigenvalue weighted by Crippen LogP contribution is -2.52. The minimum Gasteiger partial charge on any atom is -0.311 e. The number of benzene rings is 2. The van der Waals surface area contributed by atoms with Crippen molar-refractivity contribution in [3.63, 3.8) is 0 Å². The molecule has 1 amide bonds. The maximum Gasteiger partial charge on any atom is 0.241 e. The minimum absolute atomic E-state index is 0.231. The van der Waals surface area contributed by atoms with Crippen molar-refractivity contribution in [1.82, 2.24) is 0 Å². The van der Waals surface area contributed by atoms with Crippen molar-refractivity contribution in [1.29, 1.82) is 0 Å². The molecule has 4 heteroatoms. The van der Waals surface area contributed by atoms with Gasteiger partial charge in [0.1, 0.15) is 5.41 Å². The van der Waals surface area contributed by atoms with E-state index in [2.05, 4.69) is 0 Å². The van der Waals surface area contributed by atoms with Crippen molar-refractivity contribution in [2.45, 2.75) is 40.5 Å². The van der Waals surface area contributed by atoms with Gasteiger partial charge in [-0.25, -0.2) is 0 Å². The minimum atomic E-state index is -1.26. The van der Waals surface area contributed by atoms with E-state index < -0.39 is 22.0 Å². The molecular formula is C23H25NO3. The van der Waals surface area contributed by atoms with Crippen molar-refractivity contribution >= 4 is 33.9 Å². The summed E-state index contributed by atoms with van der Waals surface area (Å²) < 4.78 is 0. The first-order chi connectivity index (χ1) is 12.7. The summed E-state index contributed by atoms with van der Waals surface area (Å²) >= 11 is 0. The van der Waals surface area contributed by atoms with Gasteiger partial charge in [-0.3, -0.25) is 14.4 Å². The van der Waals surface area contributed by atoms with Crippen molar-refractivity contribution < 1.29 is 14.4 Å². The number of anilines is 1. The molecule has 0 N–H and O–H groups in total. The summed E-state index contributed by atoms with van der Waals surface area (Å²) in [6, 6.07) is 13.8. The van der Waals surface area contributed by atoms with E-state index in [1.54, 1.807) is 4.90 Å². The van der Waals surface area contributed by atoms with Crippen LogP contribution in [0.1, 0.15) is 40.5 Å². The molecule has 2 atom stereocenters. The average Bonchev–Trinajstić information content (AvgIpc) is 2.94. The summed E-state index contributed by atoms with van der Waals surface area (Å²) in [5, 5.41) is 2.02. The summed E-state index contributed by atoms with van der Waals surface area (Å²) in [4.78, 5) is 41.4. The maximum atomic E-state index is 13.9. The van der Waals surface area contributed by atoms with Gasteiger partial charge in [0.25, 0.3) is 0 Å². The van der Waals surface area contributed by atoms with Gasteiger partial charge in [0, 0.05) is 17.3 Å². The summed E-state index contributed by atoms with van der Waals surface area (Å²) in [5.41, 5.74) is -1.90. The molecule has 2 bridgehead atoms. The van der Waals surface area contributed by atoms with Crippen LogP contribution in [-0.2, 0) is 14.4 Å². The second-order valence-electron chi connectivity index (χ2n) is 8.57. The van der Waals surface area contributed by atoms with Crippen molar-refractivity contribution in [2.24, 2.45) is 16.2 Å². The summed E-state index contributed by atoms with van der Waals surface area (Å²) in [6.45, 7) is 8.04. The summed E-state index contributed by atoms with van der Waals surface area (Å²) in [7, 11) is 0. The Morgan fingerprint density at radius 1 is 0.963 bits per heavy atom. The molecule has 0 aromatic heterocycles. The van der Waals surface area contributed by atoms with E-state index in [1.165, 1.54) is 0 Å². The van der Waals surface area contributed by atoms with E-state index in [0.717, 1.165) is 16.5 Å². The molecule has 0 saturated heterocycles. The molecule has 2 aliphatic carbocycles. The lowest BCUT2D eigenvalue weighted by Gasteiger charge is -2.40. The van der Waals surface area contributed by atoms with E-state index in [9.17, 15) is 14.4 Å². The Labute approximate surface area is 159 Å². The van der Waals surface area contributed by atoms with E-state index >= 15 is 0 Å². The van der Waals surface area contributed by atoms with Crippen molar-refractivity contribution in [3.05, 3.63) is 42.5 Å². The predicted octanol–water partition coefficient (Wildman–Crippen LogP) is 4.16. The monoisotopic (exact) mass is 363 g/mol. The van der Waals surface area contributed by atoms with Gasteiger partial charge in [0.2, 0.25) is 17.5 Å². The van der Waals surface area contributed by atoms with E-state index in [0.29, 0.717) is 19.4 Å². The zero-order chi connectivity index (χ0) is 19.6. The highest BCUT2D eigenvalue weighted by atomic mass is 16.2. The maximum absolute atomic E-state index is 13.9. The molecular weight excluding hydrogens is 338 g/mol. The smallest absolute Gasteiger partial charge is 0.241 e. The molecule has 2 fully saturated rings. The number of amides is 1. The number of carbonyl (C=O) groups is 3. The Hall–Kier alpha value is -2.49. The van der Waals surface area contributed by atoms with E-state index in [1.807, 2.05) is 70.2 Å². The van der Waals surface area contributed by atoms with Gasteiger partial charge in [-0.1, -0.05) is 57.2 Å². The fourth-order valence-electron chi connectivity index (χ4n) is 5.34. The van der Waals surface area contributed by atoms with Gasteiger partial charge in [-0.2, -0.15) is 0 Å². The number of rotatable bonds is 3. The molecule has 0 heterocycles. The number of carbonyl (C=O) groups excluding carboxylic acids is 3. The second-order valence-corrected chi connectivity index (χ2v) is 8.57. The van der Waals surface area contributed by atoms with Crippen LogP contribution in [-0.4, -0.2) is 24.0 Å². The third-order valence-corrected chi connectivity index (χ3v) is 7.53. The van der Waals surface area contributed by atoms with Crippen LogP contribution < -0.4 is 4.90 Å². The number of hydrogen-bond donors (Lipinski definition) is 0. The molecule has 2 aromatic carbocycles. The third-order valence-electron chi connectivity index (χ3n) is 7.53. The molecule has 2 saturated carbocycles. The Kier molecular flexibility index (Phi) is 3.65. The SMILES string of the molecule is CCN(C(=O)C12CCC(C)(C(=O)C1=O)C2(C)C)c1cccc2ccccc12. The van der Waals surface area contributed by atoms with Gasteiger partial charge in [0.05, 0.1) is 5.69 Å². The van der Waals surface area contributed by atoms with Gasteiger partial charge in [-0.05, 0) is 36.6 Å². The van der Waals surface area contributed by atoms with Crippen LogP contribution in [0, 0.1) is 16.2 Å². The molecule has 0 spiro atoms.